The number of hydrogen-bond acceptors (Lipinski definition) is 3. The molecule has 0 saturated heterocycles. The first-order valence-corrected chi connectivity index (χ1v) is 9.75. The minimum atomic E-state index is -0.0512. The molecule has 0 bridgehead atoms. The van der Waals surface area contributed by atoms with Gasteiger partial charge >= 0.3 is 0 Å². The normalized spacial score (nSPS) is 16.9. The first kappa shape index (κ1) is 19.4. The minimum absolute atomic E-state index is 0.0512. The second kappa shape index (κ2) is 8.09. The standard InChI is InChI=1S/C22H30N4O/c1-6-25(7-2)15-22(27)26-21(20-9-8-12-24(20)5)14-19(23-26)18-11-10-16(3)17(4)13-18/h8-13,21H,6-7,14-15H2,1-5H3/t21-/m0/s1. The fourth-order valence-electron chi connectivity index (χ4n) is 3.60. The molecule has 1 aromatic carbocycles. The van der Waals surface area contributed by atoms with E-state index in [0.29, 0.717) is 6.54 Å². The van der Waals surface area contributed by atoms with Crippen molar-refractivity contribution in [2.45, 2.75) is 40.2 Å². The van der Waals surface area contributed by atoms with Crippen molar-refractivity contribution in [1.82, 2.24) is 14.5 Å². The van der Waals surface area contributed by atoms with Crippen molar-refractivity contribution in [1.29, 1.82) is 0 Å². The van der Waals surface area contributed by atoms with Crippen LogP contribution in [-0.4, -0.2) is 45.7 Å². The molecule has 1 aliphatic rings. The van der Waals surface area contributed by atoms with E-state index in [1.807, 2.05) is 19.3 Å². The molecule has 0 aliphatic carbocycles. The van der Waals surface area contributed by atoms with Gasteiger partial charge in [-0.05, 0) is 61.8 Å². The van der Waals surface area contributed by atoms with Crippen molar-refractivity contribution in [2.75, 3.05) is 19.6 Å². The molecule has 0 spiro atoms. The summed E-state index contributed by atoms with van der Waals surface area (Å²) >= 11 is 0. The van der Waals surface area contributed by atoms with Crippen LogP contribution < -0.4 is 0 Å². The molecule has 144 valence electrons. The maximum atomic E-state index is 13.1. The van der Waals surface area contributed by atoms with Crippen molar-refractivity contribution >= 4 is 11.6 Å². The number of aromatic nitrogens is 1. The van der Waals surface area contributed by atoms with E-state index in [1.165, 1.54) is 11.1 Å². The van der Waals surface area contributed by atoms with Gasteiger partial charge in [0.2, 0.25) is 0 Å². The lowest BCUT2D eigenvalue weighted by Crippen LogP contribution is -2.38. The van der Waals surface area contributed by atoms with Gasteiger partial charge in [0.05, 0.1) is 12.3 Å². The molecule has 0 fully saturated rings. The monoisotopic (exact) mass is 366 g/mol. The van der Waals surface area contributed by atoms with E-state index >= 15 is 0 Å². The van der Waals surface area contributed by atoms with Crippen LogP contribution in [0.2, 0.25) is 0 Å². The Labute approximate surface area is 162 Å². The number of hydrogen-bond donors (Lipinski definition) is 0. The molecule has 1 amide bonds. The van der Waals surface area contributed by atoms with Gasteiger partial charge in [0.25, 0.3) is 5.91 Å². The number of carbonyl (C=O) groups is 1. The quantitative estimate of drug-likeness (QED) is 0.783. The average molecular weight is 367 g/mol. The van der Waals surface area contributed by atoms with Crippen molar-refractivity contribution in [3.8, 4) is 0 Å². The number of likely N-dealkylation sites (N-methyl/N-ethyl adjacent to an activating group) is 1. The van der Waals surface area contributed by atoms with Crippen molar-refractivity contribution in [3.05, 3.63) is 58.9 Å². The summed E-state index contributed by atoms with van der Waals surface area (Å²) in [6, 6.07) is 10.5. The summed E-state index contributed by atoms with van der Waals surface area (Å²) in [6.45, 7) is 10.5. The van der Waals surface area contributed by atoms with Crippen molar-refractivity contribution in [3.63, 3.8) is 0 Å². The Hall–Kier alpha value is -2.40. The Bertz CT molecular complexity index is 848. The lowest BCUT2D eigenvalue weighted by atomic mass is 9.98. The Morgan fingerprint density at radius 1 is 1.19 bits per heavy atom. The molecule has 27 heavy (non-hydrogen) atoms. The zero-order valence-electron chi connectivity index (χ0n) is 17.1. The van der Waals surface area contributed by atoms with E-state index in [-0.39, 0.29) is 11.9 Å². The molecule has 1 atom stereocenters. The Morgan fingerprint density at radius 2 is 1.93 bits per heavy atom. The van der Waals surface area contributed by atoms with Crippen LogP contribution in [0.1, 0.15) is 48.7 Å². The van der Waals surface area contributed by atoms with Gasteiger partial charge in [0.1, 0.15) is 6.04 Å². The van der Waals surface area contributed by atoms with Crippen LogP contribution in [0, 0.1) is 13.8 Å². The molecule has 5 heteroatoms. The summed E-state index contributed by atoms with van der Waals surface area (Å²) in [6.07, 6.45) is 2.76. The zero-order valence-corrected chi connectivity index (χ0v) is 17.1. The summed E-state index contributed by atoms with van der Waals surface area (Å²) in [7, 11) is 2.02. The van der Waals surface area contributed by atoms with Crippen molar-refractivity contribution in [2.24, 2.45) is 12.1 Å². The highest BCUT2D eigenvalue weighted by Gasteiger charge is 2.34. The summed E-state index contributed by atoms with van der Waals surface area (Å²) in [5.41, 5.74) is 5.72. The van der Waals surface area contributed by atoms with Gasteiger partial charge in [-0.15, -0.1) is 0 Å². The summed E-state index contributed by atoms with van der Waals surface area (Å²) in [5.74, 6) is 0.0590. The van der Waals surface area contributed by atoms with Gasteiger partial charge in [-0.3, -0.25) is 9.69 Å². The summed E-state index contributed by atoms with van der Waals surface area (Å²) in [5, 5.41) is 6.50. The van der Waals surface area contributed by atoms with E-state index in [0.717, 1.165) is 36.5 Å². The van der Waals surface area contributed by atoms with E-state index < -0.39 is 0 Å². The Morgan fingerprint density at radius 3 is 2.52 bits per heavy atom. The highest BCUT2D eigenvalue weighted by Crippen LogP contribution is 2.33. The van der Waals surface area contributed by atoms with Crippen LogP contribution in [0.25, 0.3) is 0 Å². The fraction of sp³-hybridized carbons (Fsp3) is 0.455. The van der Waals surface area contributed by atoms with Gasteiger partial charge in [-0.25, -0.2) is 5.01 Å². The Kier molecular flexibility index (Phi) is 5.80. The molecule has 0 N–H and O–H groups in total. The van der Waals surface area contributed by atoms with Crippen LogP contribution in [0.3, 0.4) is 0 Å². The number of amides is 1. The molecular formula is C22H30N4O. The topological polar surface area (TPSA) is 40.8 Å². The second-order valence-corrected chi connectivity index (χ2v) is 7.31. The number of nitrogens with zero attached hydrogens (tertiary/aromatic N) is 4. The van der Waals surface area contributed by atoms with Gasteiger partial charge in [-0.1, -0.05) is 26.0 Å². The first-order valence-electron chi connectivity index (χ1n) is 9.75. The summed E-state index contributed by atoms with van der Waals surface area (Å²) in [4.78, 5) is 15.2. The van der Waals surface area contributed by atoms with Gasteiger partial charge in [-0.2, -0.15) is 5.10 Å². The predicted molar refractivity (Wildman–Crippen MR) is 110 cm³/mol. The fourth-order valence-corrected chi connectivity index (χ4v) is 3.60. The van der Waals surface area contributed by atoms with Crippen LogP contribution in [-0.2, 0) is 11.8 Å². The molecule has 2 aromatic rings. The Balaban J connectivity index is 1.93. The smallest absolute Gasteiger partial charge is 0.257 e. The third kappa shape index (κ3) is 3.98. The summed E-state index contributed by atoms with van der Waals surface area (Å²) < 4.78 is 2.08. The molecule has 1 aliphatic heterocycles. The largest absolute Gasteiger partial charge is 0.353 e. The van der Waals surface area contributed by atoms with Crippen LogP contribution >= 0.6 is 0 Å². The third-order valence-corrected chi connectivity index (χ3v) is 5.58. The van der Waals surface area contributed by atoms with E-state index in [1.54, 1.807) is 5.01 Å². The first-order chi connectivity index (χ1) is 12.9. The molecule has 0 saturated carbocycles. The minimum Gasteiger partial charge on any atom is -0.353 e. The third-order valence-electron chi connectivity index (χ3n) is 5.58. The number of hydrazone groups is 1. The lowest BCUT2D eigenvalue weighted by molar-refractivity contribution is -0.134. The highest BCUT2D eigenvalue weighted by molar-refractivity contribution is 6.03. The maximum absolute atomic E-state index is 13.1. The number of carbonyl (C=O) groups excluding carboxylic acids is 1. The van der Waals surface area contributed by atoms with Crippen LogP contribution in [0.15, 0.2) is 41.6 Å². The van der Waals surface area contributed by atoms with Crippen LogP contribution in [0.5, 0.6) is 0 Å². The molecule has 0 unspecified atom stereocenters. The maximum Gasteiger partial charge on any atom is 0.257 e. The van der Waals surface area contributed by atoms with E-state index in [9.17, 15) is 4.79 Å². The second-order valence-electron chi connectivity index (χ2n) is 7.31. The predicted octanol–water partition coefficient (Wildman–Crippen LogP) is 3.66. The number of rotatable bonds is 6. The van der Waals surface area contributed by atoms with E-state index in [4.69, 9.17) is 5.10 Å². The molecule has 0 radical (unpaired) electrons. The zero-order chi connectivity index (χ0) is 19.6. The molecular weight excluding hydrogens is 336 g/mol. The average Bonchev–Trinajstić information content (AvgIpc) is 3.27. The molecule has 2 heterocycles. The van der Waals surface area contributed by atoms with Crippen molar-refractivity contribution < 1.29 is 4.79 Å². The molecule has 1 aromatic heterocycles. The van der Waals surface area contributed by atoms with Gasteiger partial charge in [0, 0.05) is 25.4 Å². The van der Waals surface area contributed by atoms with E-state index in [2.05, 4.69) is 61.4 Å². The highest BCUT2D eigenvalue weighted by atomic mass is 16.2. The SMILES string of the molecule is CCN(CC)CC(=O)N1N=C(c2ccc(C)c(C)c2)C[C@H]1c1cccn1C. The molecule has 3 rings (SSSR count). The number of benzene rings is 1. The van der Waals surface area contributed by atoms with Gasteiger partial charge < -0.3 is 4.57 Å². The number of aryl methyl sites for hydroxylation is 3. The lowest BCUT2D eigenvalue weighted by Gasteiger charge is -2.25. The van der Waals surface area contributed by atoms with Gasteiger partial charge in [0.15, 0.2) is 0 Å². The van der Waals surface area contributed by atoms with Crippen LogP contribution in [0.4, 0.5) is 0 Å². The molecule has 5 nitrogen and oxygen atoms in total.